The van der Waals surface area contributed by atoms with Crippen LogP contribution in [0.3, 0.4) is 0 Å². The molecule has 3 heterocycles. The van der Waals surface area contributed by atoms with Gasteiger partial charge in [-0.3, -0.25) is 9.89 Å². The molecule has 1 fully saturated rings. The maximum atomic E-state index is 4.51. The number of nitrogens with zero attached hydrogens (tertiary/aromatic N) is 4. The Morgan fingerprint density at radius 3 is 2.42 bits per heavy atom. The third-order valence-corrected chi connectivity index (χ3v) is 5.61. The predicted octanol–water partition coefficient (Wildman–Crippen LogP) is 2.08. The Morgan fingerprint density at radius 2 is 1.73 bits per heavy atom. The van der Waals surface area contributed by atoms with Crippen LogP contribution in [-0.2, 0) is 6.54 Å². The molecule has 1 aromatic carbocycles. The first kappa shape index (κ1) is 17.2. The van der Waals surface area contributed by atoms with Crippen LogP contribution in [0.5, 0.6) is 0 Å². The Balaban J connectivity index is 1.29. The SMILES string of the molecule is CN=C(NCc1ccc(N2CC=CC2)cc1)N1CCC(N2CC=CC2)C1. The van der Waals surface area contributed by atoms with E-state index in [2.05, 4.69) is 73.6 Å². The first-order valence-corrected chi connectivity index (χ1v) is 9.67. The minimum Gasteiger partial charge on any atom is -0.364 e. The van der Waals surface area contributed by atoms with Crippen molar-refractivity contribution in [2.75, 3.05) is 51.2 Å². The molecular weight excluding hydrogens is 322 g/mol. The normalized spacial score (nSPS) is 23.4. The quantitative estimate of drug-likeness (QED) is 0.512. The number of guanidine groups is 1. The van der Waals surface area contributed by atoms with Crippen LogP contribution in [0.25, 0.3) is 0 Å². The average Bonchev–Trinajstić information content (AvgIpc) is 3.43. The van der Waals surface area contributed by atoms with E-state index in [1.807, 2.05) is 7.05 Å². The number of aliphatic imine (C=N–C) groups is 1. The molecule has 1 saturated heterocycles. The maximum absolute atomic E-state index is 4.51. The summed E-state index contributed by atoms with van der Waals surface area (Å²) in [7, 11) is 1.89. The molecule has 3 aliphatic rings. The average molecular weight is 351 g/mol. The smallest absolute Gasteiger partial charge is 0.193 e. The van der Waals surface area contributed by atoms with Gasteiger partial charge >= 0.3 is 0 Å². The van der Waals surface area contributed by atoms with E-state index in [0.29, 0.717) is 6.04 Å². The molecule has 138 valence electrons. The Kier molecular flexibility index (Phi) is 5.25. The summed E-state index contributed by atoms with van der Waals surface area (Å²) in [5.41, 5.74) is 2.59. The summed E-state index contributed by atoms with van der Waals surface area (Å²) in [5.74, 6) is 1.02. The number of rotatable bonds is 4. The van der Waals surface area contributed by atoms with Crippen LogP contribution in [0.1, 0.15) is 12.0 Å². The van der Waals surface area contributed by atoms with Gasteiger partial charge in [0.15, 0.2) is 5.96 Å². The molecule has 0 saturated carbocycles. The second-order valence-electron chi connectivity index (χ2n) is 7.26. The lowest BCUT2D eigenvalue weighted by atomic mass is 10.2. The van der Waals surface area contributed by atoms with E-state index in [-0.39, 0.29) is 0 Å². The lowest BCUT2D eigenvalue weighted by Gasteiger charge is -2.25. The van der Waals surface area contributed by atoms with Crippen molar-refractivity contribution in [3.05, 3.63) is 54.1 Å². The monoisotopic (exact) mass is 351 g/mol. The van der Waals surface area contributed by atoms with Gasteiger partial charge in [-0.25, -0.2) is 0 Å². The van der Waals surface area contributed by atoms with Crippen LogP contribution in [-0.4, -0.2) is 68.1 Å². The van der Waals surface area contributed by atoms with Gasteiger partial charge < -0.3 is 15.1 Å². The molecular formula is C21H29N5. The summed E-state index contributed by atoms with van der Waals surface area (Å²) in [6.07, 6.45) is 10.2. The van der Waals surface area contributed by atoms with Gasteiger partial charge in [-0.15, -0.1) is 0 Å². The number of nitrogens with one attached hydrogen (secondary N) is 1. The molecule has 4 rings (SSSR count). The fourth-order valence-corrected chi connectivity index (χ4v) is 4.05. The van der Waals surface area contributed by atoms with Crippen LogP contribution in [0.4, 0.5) is 5.69 Å². The van der Waals surface area contributed by atoms with Crippen LogP contribution in [0, 0.1) is 0 Å². The van der Waals surface area contributed by atoms with Gasteiger partial charge in [0.25, 0.3) is 0 Å². The predicted molar refractivity (Wildman–Crippen MR) is 109 cm³/mol. The molecule has 0 amide bonds. The lowest BCUT2D eigenvalue weighted by molar-refractivity contribution is 0.259. The van der Waals surface area contributed by atoms with E-state index >= 15 is 0 Å². The second kappa shape index (κ2) is 7.96. The summed E-state index contributed by atoms with van der Waals surface area (Å²) in [5, 5.41) is 3.54. The molecule has 1 atom stereocenters. The molecule has 3 aliphatic heterocycles. The van der Waals surface area contributed by atoms with Gasteiger partial charge in [0, 0.05) is 64.6 Å². The molecule has 5 heteroatoms. The molecule has 5 nitrogen and oxygen atoms in total. The van der Waals surface area contributed by atoms with Gasteiger partial charge in [0.1, 0.15) is 0 Å². The minimum absolute atomic E-state index is 0.650. The number of likely N-dealkylation sites (tertiary alicyclic amines) is 1. The zero-order valence-corrected chi connectivity index (χ0v) is 15.6. The Bertz CT molecular complexity index is 675. The van der Waals surface area contributed by atoms with Gasteiger partial charge in [-0.05, 0) is 24.1 Å². The standard InChI is InChI=1S/C21H29N5/c1-22-21(26-15-10-20(17-26)25-13-4-5-14-25)23-16-18-6-8-19(9-7-18)24-11-2-3-12-24/h2-9,20H,10-17H2,1H3,(H,22,23). The van der Waals surface area contributed by atoms with Crippen molar-refractivity contribution in [1.29, 1.82) is 0 Å². The first-order chi connectivity index (χ1) is 12.8. The van der Waals surface area contributed by atoms with Crippen molar-refractivity contribution in [1.82, 2.24) is 15.1 Å². The van der Waals surface area contributed by atoms with E-state index in [0.717, 1.165) is 51.8 Å². The second-order valence-corrected chi connectivity index (χ2v) is 7.26. The third-order valence-electron chi connectivity index (χ3n) is 5.61. The van der Waals surface area contributed by atoms with Gasteiger partial charge in [0.05, 0.1) is 0 Å². The fraction of sp³-hybridized carbons (Fsp3) is 0.476. The van der Waals surface area contributed by atoms with Crippen molar-refractivity contribution in [2.24, 2.45) is 4.99 Å². The molecule has 1 N–H and O–H groups in total. The van der Waals surface area contributed by atoms with Crippen molar-refractivity contribution in [3.8, 4) is 0 Å². The highest BCUT2D eigenvalue weighted by molar-refractivity contribution is 5.80. The Morgan fingerprint density at radius 1 is 1.04 bits per heavy atom. The fourth-order valence-electron chi connectivity index (χ4n) is 4.05. The summed E-state index contributed by atoms with van der Waals surface area (Å²) in [4.78, 5) is 11.8. The Hall–Kier alpha value is -2.27. The molecule has 1 aromatic rings. The van der Waals surface area contributed by atoms with Crippen molar-refractivity contribution < 1.29 is 0 Å². The zero-order chi connectivity index (χ0) is 17.8. The molecule has 26 heavy (non-hydrogen) atoms. The summed E-state index contributed by atoms with van der Waals surface area (Å²) >= 11 is 0. The molecule has 0 aromatic heterocycles. The first-order valence-electron chi connectivity index (χ1n) is 9.67. The lowest BCUT2D eigenvalue weighted by Crippen LogP contribution is -2.42. The van der Waals surface area contributed by atoms with E-state index < -0.39 is 0 Å². The summed E-state index contributed by atoms with van der Waals surface area (Å²) < 4.78 is 0. The highest BCUT2D eigenvalue weighted by atomic mass is 15.3. The highest BCUT2D eigenvalue weighted by Crippen LogP contribution is 2.19. The van der Waals surface area contributed by atoms with Crippen molar-refractivity contribution >= 4 is 11.6 Å². The zero-order valence-electron chi connectivity index (χ0n) is 15.6. The number of hydrogen-bond acceptors (Lipinski definition) is 3. The largest absolute Gasteiger partial charge is 0.364 e. The molecule has 0 spiro atoms. The van der Waals surface area contributed by atoms with Gasteiger partial charge in [-0.1, -0.05) is 36.4 Å². The van der Waals surface area contributed by atoms with Crippen LogP contribution in [0.15, 0.2) is 53.6 Å². The molecule has 0 aliphatic carbocycles. The number of hydrogen-bond donors (Lipinski definition) is 1. The number of anilines is 1. The van der Waals surface area contributed by atoms with E-state index in [9.17, 15) is 0 Å². The third kappa shape index (κ3) is 3.78. The number of benzene rings is 1. The van der Waals surface area contributed by atoms with Crippen LogP contribution >= 0.6 is 0 Å². The Labute approximate surface area is 156 Å². The molecule has 1 unspecified atom stereocenters. The van der Waals surface area contributed by atoms with E-state index in [1.54, 1.807) is 0 Å². The van der Waals surface area contributed by atoms with Crippen LogP contribution in [0.2, 0.25) is 0 Å². The summed E-state index contributed by atoms with van der Waals surface area (Å²) in [6, 6.07) is 9.53. The topological polar surface area (TPSA) is 34.1 Å². The van der Waals surface area contributed by atoms with E-state index in [4.69, 9.17) is 0 Å². The minimum atomic E-state index is 0.650. The summed E-state index contributed by atoms with van der Waals surface area (Å²) in [6.45, 7) is 7.22. The maximum Gasteiger partial charge on any atom is 0.193 e. The van der Waals surface area contributed by atoms with E-state index in [1.165, 1.54) is 17.7 Å². The van der Waals surface area contributed by atoms with Crippen LogP contribution < -0.4 is 10.2 Å². The van der Waals surface area contributed by atoms with Crippen molar-refractivity contribution in [2.45, 2.75) is 19.0 Å². The van der Waals surface area contributed by atoms with Gasteiger partial charge in [0.2, 0.25) is 0 Å². The van der Waals surface area contributed by atoms with Crippen molar-refractivity contribution in [3.63, 3.8) is 0 Å². The van der Waals surface area contributed by atoms with Gasteiger partial charge in [-0.2, -0.15) is 0 Å². The molecule has 0 bridgehead atoms. The highest BCUT2D eigenvalue weighted by Gasteiger charge is 2.29. The molecule has 0 radical (unpaired) electrons.